The molecule has 8 heteroatoms. The van der Waals surface area contributed by atoms with E-state index in [1.165, 1.54) is 12.4 Å². The first-order valence-corrected chi connectivity index (χ1v) is 8.08. The molecule has 0 unspecified atom stereocenters. The van der Waals surface area contributed by atoms with E-state index in [4.69, 9.17) is 10.00 Å². The molecule has 24 heavy (non-hydrogen) atoms. The van der Waals surface area contributed by atoms with Crippen molar-refractivity contribution in [3.05, 3.63) is 34.7 Å². The first-order valence-electron chi connectivity index (χ1n) is 7.29. The van der Waals surface area contributed by atoms with Crippen LogP contribution in [0.3, 0.4) is 0 Å². The van der Waals surface area contributed by atoms with Crippen molar-refractivity contribution >= 4 is 27.0 Å². The number of nitrogens with zero attached hydrogens (tertiary/aromatic N) is 6. The third-order valence-corrected chi connectivity index (χ3v) is 3.94. The van der Waals surface area contributed by atoms with Gasteiger partial charge in [0.15, 0.2) is 5.69 Å². The smallest absolute Gasteiger partial charge is 0.237 e. The molecule has 0 saturated carbocycles. The van der Waals surface area contributed by atoms with Crippen molar-refractivity contribution in [1.82, 2.24) is 25.0 Å². The van der Waals surface area contributed by atoms with Crippen molar-refractivity contribution in [3.8, 4) is 17.7 Å². The van der Waals surface area contributed by atoms with E-state index in [2.05, 4.69) is 57.0 Å². The maximum atomic E-state index is 8.75. The topological polar surface area (TPSA) is 89.5 Å². The summed E-state index contributed by atoms with van der Waals surface area (Å²) in [5, 5.41) is 17.2. The van der Waals surface area contributed by atoms with Gasteiger partial charge in [0.25, 0.3) is 0 Å². The standard InChI is InChI=1S/C16H15BrN6O/c1-16(2,3)9-23-11-4-5-12(14(17)15(11)21-22-23)24-13-8-19-10(6-18)7-20-13/h4-5,7-8H,9H2,1-3H3. The molecule has 2 heterocycles. The van der Waals surface area contributed by atoms with Crippen LogP contribution < -0.4 is 4.74 Å². The van der Waals surface area contributed by atoms with Gasteiger partial charge in [0.2, 0.25) is 5.88 Å². The van der Waals surface area contributed by atoms with Crippen LogP contribution in [0.5, 0.6) is 11.6 Å². The molecule has 0 spiro atoms. The Labute approximate surface area is 147 Å². The number of halogens is 1. The van der Waals surface area contributed by atoms with Gasteiger partial charge >= 0.3 is 0 Å². The molecule has 3 rings (SSSR count). The molecule has 0 amide bonds. The Morgan fingerprint density at radius 1 is 1.25 bits per heavy atom. The van der Waals surface area contributed by atoms with E-state index < -0.39 is 0 Å². The summed E-state index contributed by atoms with van der Waals surface area (Å²) in [6, 6.07) is 5.66. The zero-order valence-corrected chi connectivity index (χ0v) is 15.1. The third kappa shape index (κ3) is 3.36. The molecule has 0 aliphatic carbocycles. The zero-order valence-electron chi connectivity index (χ0n) is 13.5. The van der Waals surface area contributed by atoms with Gasteiger partial charge in [-0.25, -0.2) is 14.6 Å². The number of ether oxygens (including phenoxy) is 1. The minimum atomic E-state index is 0.0976. The highest BCUT2D eigenvalue weighted by atomic mass is 79.9. The number of aromatic nitrogens is 5. The minimum absolute atomic E-state index is 0.0976. The Kier molecular flexibility index (Phi) is 4.20. The summed E-state index contributed by atoms with van der Waals surface area (Å²) < 4.78 is 8.30. The summed E-state index contributed by atoms with van der Waals surface area (Å²) in [6.07, 6.45) is 2.77. The van der Waals surface area contributed by atoms with Gasteiger partial charge in [-0.3, -0.25) is 0 Å². The van der Waals surface area contributed by atoms with Gasteiger partial charge in [0.1, 0.15) is 17.3 Å². The quantitative estimate of drug-likeness (QED) is 0.681. The highest BCUT2D eigenvalue weighted by Gasteiger charge is 2.17. The molecule has 122 valence electrons. The maximum absolute atomic E-state index is 8.75. The van der Waals surface area contributed by atoms with Crippen LogP contribution in [0.2, 0.25) is 0 Å². The van der Waals surface area contributed by atoms with E-state index in [-0.39, 0.29) is 11.1 Å². The largest absolute Gasteiger partial charge is 0.436 e. The fourth-order valence-electron chi connectivity index (χ4n) is 2.17. The number of benzene rings is 1. The number of fused-ring (bicyclic) bond motifs is 1. The lowest BCUT2D eigenvalue weighted by atomic mass is 9.97. The Balaban J connectivity index is 1.93. The normalized spacial score (nSPS) is 11.5. The molecule has 0 aliphatic heterocycles. The van der Waals surface area contributed by atoms with Gasteiger partial charge in [-0.1, -0.05) is 26.0 Å². The fourth-order valence-corrected chi connectivity index (χ4v) is 2.67. The average Bonchev–Trinajstić information content (AvgIpc) is 2.92. The van der Waals surface area contributed by atoms with Crippen LogP contribution >= 0.6 is 15.9 Å². The summed E-state index contributed by atoms with van der Waals surface area (Å²) in [7, 11) is 0. The summed E-state index contributed by atoms with van der Waals surface area (Å²) in [5.41, 5.74) is 1.98. The van der Waals surface area contributed by atoms with Crippen LogP contribution in [0.1, 0.15) is 26.5 Å². The van der Waals surface area contributed by atoms with Crippen LogP contribution in [0.4, 0.5) is 0 Å². The molecule has 0 N–H and O–H groups in total. The number of nitriles is 1. The number of hydrogen-bond acceptors (Lipinski definition) is 6. The molecule has 7 nitrogen and oxygen atoms in total. The third-order valence-electron chi connectivity index (χ3n) is 3.17. The van der Waals surface area contributed by atoms with E-state index in [9.17, 15) is 0 Å². The Bertz CT molecular complexity index is 921. The SMILES string of the molecule is CC(C)(C)Cn1nnc2c(Br)c(Oc3cnc(C#N)cn3)ccc21. The van der Waals surface area contributed by atoms with Crippen LogP contribution in [-0.2, 0) is 6.54 Å². The van der Waals surface area contributed by atoms with E-state index >= 15 is 0 Å². The maximum Gasteiger partial charge on any atom is 0.237 e. The van der Waals surface area contributed by atoms with E-state index in [0.29, 0.717) is 16.1 Å². The zero-order chi connectivity index (χ0) is 17.3. The van der Waals surface area contributed by atoms with E-state index in [1.54, 1.807) is 0 Å². The molecular weight excluding hydrogens is 372 g/mol. The van der Waals surface area contributed by atoms with Gasteiger partial charge in [-0.05, 0) is 33.5 Å². The first-order chi connectivity index (χ1) is 11.4. The highest BCUT2D eigenvalue weighted by Crippen LogP contribution is 2.34. The van der Waals surface area contributed by atoms with Gasteiger partial charge < -0.3 is 4.74 Å². The van der Waals surface area contributed by atoms with E-state index in [1.807, 2.05) is 22.9 Å². The van der Waals surface area contributed by atoms with Crippen LogP contribution in [0.15, 0.2) is 29.0 Å². The lowest BCUT2D eigenvalue weighted by Gasteiger charge is -2.17. The molecule has 1 aromatic carbocycles. The van der Waals surface area contributed by atoms with Gasteiger partial charge in [-0.2, -0.15) is 5.26 Å². The van der Waals surface area contributed by atoms with Crippen molar-refractivity contribution in [3.63, 3.8) is 0 Å². The van der Waals surface area contributed by atoms with Gasteiger partial charge in [-0.15, -0.1) is 5.10 Å². The molecule has 0 bridgehead atoms. The highest BCUT2D eigenvalue weighted by molar-refractivity contribution is 9.10. The molecule has 0 saturated heterocycles. The predicted molar refractivity (Wildman–Crippen MR) is 91.5 cm³/mol. The summed E-state index contributed by atoms with van der Waals surface area (Å²) in [4.78, 5) is 7.98. The van der Waals surface area contributed by atoms with Crippen LogP contribution in [-0.4, -0.2) is 25.0 Å². The average molecular weight is 387 g/mol. The van der Waals surface area contributed by atoms with Crippen molar-refractivity contribution in [1.29, 1.82) is 5.26 Å². The second-order valence-electron chi connectivity index (χ2n) is 6.51. The first kappa shape index (κ1) is 16.3. The summed E-state index contributed by atoms with van der Waals surface area (Å²) in [5.74, 6) is 0.862. The second kappa shape index (κ2) is 6.17. The Morgan fingerprint density at radius 2 is 2.04 bits per heavy atom. The Hall–Kier alpha value is -2.53. The lowest BCUT2D eigenvalue weighted by molar-refractivity contribution is 0.327. The summed E-state index contributed by atoms with van der Waals surface area (Å²) >= 11 is 3.52. The molecule has 2 aromatic heterocycles. The predicted octanol–water partition coefficient (Wildman–Crippen LogP) is 3.69. The molecular formula is C16H15BrN6O. The van der Waals surface area contributed by atoms with Crippen molar-refractivity contribution in [2.24, 2.45) is 5.41 Å². The van der Waals surface area contributed by atoms with Gasteiger partial charge in [0, 0.05) is 6.54 Å². The number of hydrogen-bond donors (Lipinski definition) is 0. The van der Waals surface area contributed by atoms with E-state index in [0.717, 1.165) is 17.6 Å². The molecule has 0 atom stereocenters. The van der Waals surface area contributed by atoms with Gasteiger partial charge in [0.05, 0.1) is 22.4 Å². The number of rotatable bonds is 3. The molecule has 0 aliphatic rings. The molecule has 3 aromatic rings. The van der Waals surface area contributed by atoms with Crippen molar-refractivity contribution < 1.29 is 4.74 Å². The summed E-state index contributed by atoms with van der Waals surface area (Å²) in [6.45, 7) is 7.21. The lowest BCUT2D eigenvalue weighted by Crippen LogP contribution is -2.16. The fraction of sp³-hybridized carbons (Fsp3) is 0.312. The van der Waals surface area contributed by atoms with Crippen molar-refractivity contribution in [2.75, 3.05) is 0 Å². The molecule has 0 fully saturated rings. The minimum Gasteiger partial charge on any atom is -0.436 e. The van der Waals surface area contributed by atoms with Crippen molar-refractivity contribution in [2.45, 2.75) is 27.3 Å². The molecule has 0 radical (unpaired) electrons. The second-order valence-corrected chi connectivity index (χ2v) is 7.30. The monoisotopic (exact) mass is 386 g/mol. The van der Waals surface area contributed by atoms with Crippen LogP contribution in [0, 0.1) is 16.7 Å². The van der Waals surface area contributed by atoms with Crippen LogP contribution in [0.25, 0.3) is 11.0 Å². The Morgan fingerprint density at radius 3 is 2.67 bits per heavy atom.